The number of rotatable bonds is 8. The van der Waals surface area contributed by atoms with Crippen molar-refractivity contribution >= 4 is 18.6 Å². The van der Waals surface area contributed by atoms with Crippen LogP contribution in [0.5, 0.6) is 0 Å². The van der Waals surface area contributed by atoms with Crippen molar-refractivity contribution in [2.24, 2.45) is 0 Å². The molecule has 16 heavy (non-hydrogen) atoms. The third-order valence-electron chi connectivity index (χ3n) is 2.38. The molecule has 0 aromatic rings. The van der Waals surface area contributed by atoms with Crippen molar-refractivity contribution in [1.82, 2.24) is 0 Å². The normalized spacial score (nSPS) is 12.8. The van der Waals surface area contributed by atoms with E-state index in [2.05, 4.69) is 26.5 Å². The van der Waals surface area contributed by atoms with Crippen LogP contribution in [0.2, 0.25) is 0 Å². The molecule has 96 valence electrons. The molecule has 0 amide bonds. The Balaban J connectivity index is 3.74. The topological polar surface area (TPSA) is 46.5 Å². The van der Waals surface area contributed by atoms with Crippen LogP contribution in [0.15, 0.2) is 0 Å². The van der Waals surface area contributed by atoms with Gasteiger partial charge in [0.05, 0.1) is 5.60 Å². The van der Waals surface area contributed by atoms with Gasteiger partial charge in [-0.2, -0.15) is 12.6 Å². The molecule has 0 radical (unpaired) electrons. The average Bonchev–Trinajstić information content (AvgIpc) is 1.99. The number of carboxylic acid groups (broad SMARTS) is 1. The molecular formula is C12H24O3S. The second-order valence-corrected chi connectivity index (χ2v) is 6.63. The molecule has 0 unspecified atom stereocenters. The zero-order valence-corrected chi connectivity index (χ0v) is 11.6. The molecule has 0 aromatic heterocycles. The van der Waals surface area contributed by atoms with Gasteiger partial charge in [-0.25, -0.2) is 0 Å². The van der Waals surface area contributed by atoms with E-state index in [0.717, 1.165) is 12.8 Å². The lowest BCUT2D eigenvalue weighted by molar-refractivity contribution is -0.137. The molecule has 0 aliphatic rings. The molecule has 3 nitrogen and oxygen atoms in total. The lowest BCUT2D eigenvalue weighted by Gasteiger charge is -2.27. The molecule has 0 fully saturated rings. The second-order valence-electron chi connectivity index (χ2n) is 5.42. The first-order chi connectivity index (χ1) is 7.12. The lowest BCUT2D eigenvalue weighted by atomic mass is 10.0. The monoisotopic (exact) mass is 248 g/mol. The quantitative estimate of drug-likeness (QED) is 0.649. The van der Waals surface area contributed by atoms with Gasteiger partial charge in [0.1, 0.15) is 0 Å². The van der Waals surface area contributed by atoms with E-state index in [9.17, 15) is 4.79 Å². The van der Waals surface area contributed by atoms with E-state index in [0.29, 0.717) is 13.0 Å². The van der Waals surface area contributed by atoms with Gasteiger partial charge in [-0.1, -0.05) is 13.8 Å². The lowest BCUT2D eigenvalue weighted by Crippen LogP contribution is -2.27. The highest BCUT2D eigenvalue weighted by Gasteiger charge is 2.20. The zero-order valence-electron chi connectivity index (χ0n) is 10.7. The van der Waals surface area contributed by atoms with Gasteiger partial charge in [0.25, 0.3) is 0 Å². The van der Waals surface area contributed by atoms with E-state index in [1.807, 2.05) is 13.8 Å². The summed E-state index contributed by atoms with van der Waals surface area (Å²) in [7, 11) is 0. The van der Waals surface area contributed by atoms with Crippen LogP contribution in [0.4, 0.5) is 0 Å². The Bertz CT molecular complexity index is 219. The van der Waals surface area contributed by atoms with Crippen molar-refractivity contribution in [3.05, 3.63) is 0 Å². The Morgan fingerprint density at radius 1 is 1.25 bits per heavy atom. The summed E-state index contributed by atoms with van der Waals surface area (Å²) in [6.07, 6.45) is 2.53. The minimum atomic E-state index is -0.743. The molecule has 0 aliphatic carbocycles. The number of carboxylic acids is 1. The maximum atomic E-state index is 10.4. The van der Waals surface area contributed by atoms with E-state index >= 15 is 0 Å². The van der Waals surface area contributed by atoms with Gasteiger partial charge < -0.3 is 9.84 Å². The van der Waals surface area contributed by atoms with Gasteiger partial charge in [0, 0.05) is 17.8 Å². The van der Waals surface area contributed by atoms with E-state index < -0.39 is 5.97 Å². The van der Waals surface area contributed by atoms with Crippen molar-refractivity contribution < 1.29 is 14.6 Å². The Morgan fingerprint density at radius 3 is 2.25 bits per heavy atom. The third kappa shape index (κ3) is 10.3. The third-order valence-corrected chi connectivity index (χ3v) is 2.60. The number of ether oxygens (including phenoxy) is 1. The summed E-state index contributed by atoms with van der Waals surface area (Å²) in [4.78, 5) is 10.4. The van der Waals surface area contributed by atoms with Crippen LogP contribution in [0.1, 0.15) is 53.4 Å². The first-order valence-electron chi connectivity index (χ1n) is 5.70. The highest BCUT2D eigenvalue weighted by Crippen LogP contribution is 2.22. The Morgan fingerprint density at radius 2 is 1.81 bits per heavy atom. The largest absolute Gasteiger partial charge is 0.481 e. The number of aliphatic carboxylic acids is 1. The predicted octanol–water partition coefficient (Wildman–Crippen LogP) is 3.14. The maximum Gasteiger partial charge on any atom is 0.303 e. The standard InChI is InChI=1S/C12H24O3S/c1-11(2,7-5-6-10(13)14)15-9-8-12(3,4)16/h16H,5-9H2,1-4H3,(H,13,14). The van der Waals surface area contributed by atoms with E-state index in [4.69, 9.17) is 9.84 Å². The summed E-state index contributed by atoms with van der Waals surface area (Å²) < 4.78 is 5.73. The molecule has 0 rings (SSSR count). The van der Waals surface area contributed by atoms with Crippen molar-refractivity contribution in [3.8, 4) is 0 Å². The van der Waals surface area contributed by atoms with Crippen LogP contribution in [0.3, 0.4) is 0 Å². The van der Waals surface area contributed by atoms with Crippen LogP contribution >= 0.6 is 12.6 Å². The summed E-state index contributed by atoms with van der Waals surface area (Å²) in [6.45, 7) is 8.77. The fourth-order valence-electron chi connectivity index (χ4n) is 1.31. The molecule has 0 bridgehead atoms. The molecular weight excluding hydrogens is 224 g/mol. The van der Waals surface area contributed by atoms with Gasteiger partial charge in [-0.05, 0) is 33.1 Å². The highest BCUT2D eigenvalue weighted by molar-refractivity contribution is 7.81. The first kappa shape index (κ1) is 15.8. The Labute approximate surface area is 104 Å². The Kier molecular flexibility index (Phi) is 6.41. The summed E-state index contributed by atoms with van der Waals surface area (Å²) in [6, 6.07) is 0. The average molecular weight is 248 g/mol. The van der Waals surface area contributed by atoms with E-state index in [1.165, 1.54) is 0 Å². The van der Waals surface area contributed by atoms with E-state index in [1.54, 1.807) is 0 Å². The van der Waals surface area contributed by atoms with Crippen LogP contribution in [-0.4, -0.2) is 28.0 Å². The molecule has 0 heterocycles. The number of carbonyl (C=O) groups is 1. The van der Waals surface area contributed by atoms with Crippen LogP contribution in [0.25, 0.3) is 0 Å². The van der Waals surface area contributed by atoms with Crippen molar-refractivity contribution in [1.29, 1.82) is 0 Å². The van der Waals surface area contributed by atoms with E-state index in [-0.39, 0.29) is 16.8 Å². The van der Waals surface area contributed by atoms with Gasteiger partial charge in [0.2, 0.25) is 0 Å². The molecule has 4 heteroatoms. The van der Waals surface area contributed by atoms with Gasteiger partial charge >= 0.3 is 5.97 Å². The van der Waals surface area contributed by atoms with Crippen molar-refractivity contribution in [2.75, 3.05) is 6.61 Å². The molecule has 0 aliphatic heterocycles. The predicted molar refractivity (Wildman–Crippen MR) is 69.2 cm³/mol. The summed E-state index contributed by atoms with van der Waals surface area (Å²) in [5.74, 6) is -0.743. The second kappa shape index (κ2) is 6.50. The minimum Gasteiger partial charge on any atom is -0.481 e. The number of hydrogen-bond acceptors (Lipinski definition) is 3. The molecule has 1 N–H and O–H groups in total. The van der Waals surface area contributed by atoms with Crippen molar-refractivity contribution in [3.63, 3.8) is 0 Å². The van der Waals surface area contributed by atoms with Crippen LogP contribution in [-0.2, 0) is 9.53 Å². The summed E-state index contributed by atoms with van der Waals surface area (Å²) in [5.41, 5.74) is -0.242. The molecule has 0 aromatic carbocycles. The van der Waals surface area contributed by atoms with Gasteiger partial charge in [-0.3, -0.25) is 4.79 Å². The molecule has 0 saturated carbocycles. The van der Waals surface area contributed by atoms with Crippen molar-refractivity contribution in [2.45, 2.75) is 63.7 Å². The highest BCUT2D eigenvalue weighted by atomic mass is 32.1. The van der Waals surface area contributed by atoms with Crippen LogP contribution in [0, 0.1) is 0 Å². The van der Waals surface area contributed by atoms with Crippen LogP contribution < -0.4 is 0 Å². The molecule has 0 atom stereocenters. The molecule has 0 saturated heterocycles. The Hall–Kier alpha value is -0.220. The fourth-order valence-corrected chi connectivity index (χ4v) is 1.41. The van der Waals surface area contributed by atoms with Gasteiger partial charge in [-0.15, -0.1) is 0 Å². The fraction of sp³-hybridized carbons (Fsp3) is 0.917. The maximum absolute atomic E-state index is 10.4. The minimum absolute atomic E-state index is 0.0167. The summed E-state index contributed by atoms with van der Waals surface area (Å²) in [5, 5.41) is 8.54. The number of hydrogen-bond donors (Lipinski definition) is 2. The number of thiol groups is 1. The molecule has 0 spiro atoms. The summed E-state index contributed by atoms with van der Waals surface area (Å²) >= 11 is 4.42. The SMILES string of the molecule is CC(C)(S)CCOC(C)(C)CCCC(=O)O. The smallest absolute Gasteiger partial charge is 0.303 e. The zero-order chi connectivity index (χ0) is 12.8. The first-order valence-corrected chi connectivity index (χ1v) is 6.15. The van der Waals surface area contributed by atoms with Gasteiger partial charge in [0.15, 0.2) is 0 Å².